The van der Waals surface area contributed by atoms with Crippen LogP contribution in [-0.2, 0) is 4.79 Å². The normalized spacial score (nSPS) is 10.2. The fraction of sp³-hybridized carbons (Fsp3) is 0.154. The molecule has 0 aromatic heterocycles. The lowest BCUT2D eigenvalue weighted by molar-refractivity contribution is -0.115. The van der Waals surface area contributed by atoms with Crippen LogP contribution >= 0.6 is 0 Å². The minimum absolute atomic E-state index is 0.0475. The summed E-state index contributed by atoms with van der Waals surface area (Å²) < 4.78 is 0. The van der Waals surface area contributed by atoms with Gasteiger partial charge in [-0.25, -0.2) is 0 Å². The highest BCUT2D eigenvalue weighted by molar-refractivity contribution is 6.01. The first kappa shape index (κ1) is 9.71. The number of amides is 1. The number of benzene rings is 2. The van der Waals surface area contributed by atoms with Gasteiger partial charge in [-0.2, -0.15) is 0 Å². The van der Waals surface area contributed by atoms with Crippen LogP contribution in [0.3, 0.4) is 0 Å². The molecule has 2 aromatic carbocycles. The molecule has 0 spiro atoms. The Morgan fingerprint density at radius 1 is 1.13 bits per heavy atom. The van der Waals surface area contributed by atoms with Gasteiger partial charge in [0.25, 0.3) is 0 Å². The van der Waals surface area contributed by atoms with Crippen LogP contribution in [0.4, 0.5) is 5.69 Å². The van der Waals surface area contributed by atoms with Crippen molar-refractivity contribution in [2.45, 2.75) is 13.3 Å². The summed E-state index contributed by atoms with van der Waals surface area (Å²) in [6.07, 6.45) is 0.503. The van der Waals surface area contributed by atoms with Crippen molar-refractivity contribution < 1.29 is 4.79 Å². The number of anilines is 1. The van der Waals surface area contributed by atoms with Crippen molar-refractivity contribution in [2.75, 3.05) is 5.32 Å². The van der Waals surface area contributed by atoms with Gasteiger partial charge in [0.15, 0.2) is 0 Å². The van der Waals surface area contributed by atoms with Gasteiger partial charge in [0.05, 0.1) is 0 Å². The molecule has 2 heteroatoms. The van der Waals surface area contributed by atoms with E-state index in [1.807, 2.05) is 49.4 Å². The second kappa shape index (κ2) is 4.13. The summed E-state index contributed by atoms with van der Waals surface area (Å²) in [4.78, 5) is 11.3. The molecule has 1 N–H and O–H groups in total. The van der Waals surface area contributed by atoms with Gasteiger partial charge in [-0.05, 0) is 11.5 Å². The molecule has 0 unspecified atom stereocenters. The van der Waals surface area contributed by atoms with Gasteiger partial charge in [-0.1, -0.05) is 43.3 Å². The largest absolute Gasteiger partial charge is 0.326 e. The van der Waals surface area contributed by atoms with Crippen molar-refractivity contribution in [3.8, 4) is 0 Å². The molecule has 0 aliphatic heterocycles. The van der Waals surface area contributed by atoms with E-state index in [0.717, 1.165) is 16.5 Å². The molecule has 1 amide bonds. The van der Waals surface area contributed by atoms with E-state index in [0.29, 0.717) is 6.42 Å². The van der Waals surface area contributed by atoms with E-state index < -0.39 is 0 Å². The molecule has 0 bridgehead atoms. The van der Waals surface area contributed by atoms with E-state index in [-0.39, 0.29) is 5.91 Å². The Labute approximate surface area is 88.9 Å². The number of nitrogens with one attached hydrogen (secondary N) is 1. The zero-order valence-corrected chi connectivity index (χ0v) is 8.66. The van der Waals surface area contributed by atoms with E-state index in [9.17, 15) is 4.79 Å². The quantitative estimate of drug-likeness (QED) is 0.790. The Morgan fingerprint density at radius 2 is 1.87 bits per heavy atom. The highest BCUT2D eigenvalue weighted by atomic mass is 16.1. The predicted octanol–water partition coefficient (Wildman–Crippen LogP) is 3.19. The number of rotatable bonds is 2. The van der Waals surface area contributed by atoms with Crippen molar-refractivity contribution in [3.63, 3.8) is 0 Å². The van der Waals surface area contributed by atoms with Crippen molar-refractivity contribution in [3.05, 3.63) is 42.5 Å². The number of fused-ring (bicyclic) bond motifs is 1. The Balaban J connectivity index is 2.46. The van der Waals surface area contributed by atoms with E-state index in [2.05, 4.69) is 5.32 Å². The minimum Gasteiger partial charge on any atom is -0.326 e. The summed E-state index contributed by atoms with van der Waals surface area (Å²) >= 11 is 0. The third kappa shape index (κ3) is 1.99. The Kier molecular flexibility index (Phi) is 2.68. The molecule has 0 saturated carbocycles. The van der Waals surface area contributed by atoms with E-state index in [1.165, 1.54) is 0 Å². The third-order valence-electron chi connectivity index (χ3n) is 2.38. The first-order valence-electron chi connectivity index (χ1n) is 5.09. The first-order valence-corrected chi connectivity index (χ1v) is 5.09. The fourth-order valence-corrected chi connectivity index (χ4v) is 1.57. The van der Waals surface area contributed by atoms with Crippen molar-refractivity contribution in [1.82, 2.24) is 0 Å². The van der Waals surface area contributed by atoms with Gasteiger partial charge in [-0.3, -0.25) is 4.79 Å². The molecule has 0 aliphatic rings. The van der Waals surface area contributed by atoms with Gasteiger partial charge < -0.3 is 5.32 Å². The van der Waals surface area contributed by atoms with Crippen LogP contribution in [0.1, 0.15) is 13.3 Å². The standard InChI is InChI=1S/C13H13NO/c1-2-13(15)14-12-9-5-7-10-6-3-4-8-11(10)12/h3-9H,2H2,1H3,(H,14,15). The summed E-state index contributed by atoms with van der Waals surface area (Å²) in [6, 6.07) is 13.9. The molecule has 2 nitrogen and oxygen atoms in total. The monoisotopic (exact) mass is 199 g/mol. The van der Waals surface area contributed by atoms with Crippen LogP contribution in [0.2, 0.25) is 0 Å². The maximum Gasteiger partial charge on any atom is 0.224 e. The average molecular weight is 199 g/mol. The lowest BCUT2D eigenvalue weighted by atomic mass is 10.1. The minimum atomic E-state index is 0.0475. The summed E-state index contributed by atoms with van der Waals surface area (Å²) in [6.45, 7) is 1.85. The van der Waals surface area contributed by atoms with Crippen LogP contribution in [0.15, 0.2) is 42.5 Å². The zero-order valence-electron chi connectivity index (χ0n) is 8.66. The fourth-order valence-electron chi connectivity index (χ4n) is 1.57. The molecule has 0 radical (unpaired) electrons. The highest BCUT2D eigenvalue weighted by Gasteiger charge is 2.02. The van der Waals surface area contributed by atoms with Crippen molar-refractivity contribution >= 4 is 22.4 Å². The van der Waals surface area contributed by atoms with Gasteiger partial charge >= 0.3 is 0 Å². The van der Waals surface area contributed by atoms with Crippen LogP contribution in [0.5, 0.6) is 0 Å². The third-order valence-corrected chi connectivity index (χ3v) is 2.38. The Morgan fingerprint density at radius 3 is 2.67 bits per heavy atom. The van der Waals surface area contributed by atoms with Gasteiger partial charge in [0, 0.05) is 17.5 Å². The van der Waals surface area contributed by atoms with Crippen LogP contribution in [0.25, 0.3) is 10.8 Å². The van der Waals surface area contributed by atoms with Gasteiger partial charge in [0.2, 0.25) is 5.91 Å². The predicted molar refractivity (Wildman–Crippen MR) is 62.9 cm³/mol. The molecule has 0 atom stereocenters. The second-order valence-corrected chi connectivity index (χ2v) is 3.43. The molecule has 2 aromatic rings. The maximum absolute atomic E-state index is 11.3. The van der Waals surface area contributed by atoms with Crippen molar-refractivity contribution in [1.29, 1.82) is 0 Å². The molecular formula is C13H13NO. The molecule has 0 heterocycles. The topological polar surface area (TPSA) is 29.1 Å². The average Bonchev–Trinajstić information content (AvgIpc) is 2.29. The van der Waals surface area contributed by atoms with E-state index in [4.69, 9.17) is 0 Å². The zero-order chi connectivity index (χ0) is 10.7. The van der Waals surface area contributed by atoms with Crippen LogP contribution < -0.4 is 5.32 Å². The number of carbonyl (C=O) groups excluding carboxylic acids is 1. The van der Waals surface area contributed by atoms with Gasteiger partial charge in [0.1, 0.15) is 0 Å². The molecule has 0 aliphatic carbocycles. The Hall–Kier alpha value is -1.83. The second-order valence-electron chi connectivity index (χ2n) is 3.43. The SMILES string of the molecule is CCC(=O)Nc1cccc2ccccc12. The van der Waals surface area contributed by atoms with Gasteiger partial charge in [-0.15, -0.1) is 0 Å². The van der Waals surface area contributed by atoms with Crippen molar-refractivity contribution in [2.24, 2.45) is 0 Å². The molecule has 76 valence electrons. The van der Waals surface area contributed by atoms with Crippen LogP contribution in [0, 0.1) is 0 Å². The number of hydrogen-bond acceptors (Lipinski definition) is 1. The molecule has 0 saturated heterocycles. The van der Waals surface area contributed by atoms with E-state index in [1.54, 1.807) is 0 Å². The lowest BCUT2D eigenvalue weighted by Crippen LogP contribution is -2.09. The summed E-state index contributed by atoms with van der Waals surface area (Å²) in [5.41, 5.74) is 0.889. The van der Waals surface area contributed by atoms with Crippen LogP contribution in [-0.4, -0.2) is 5.91 Å². The summed E-state index contributed by atoms with van der Waals surface area (Å²) in [7, 11) is 0. The van der Waals surface area contributed by atoms with E-state index >= 15 is 0 Å². The molecule has 2 rings (SSSR count). The number of hydrogen-bond donors (Lipinski definition) is 1. The summed E-state index contributed by atoms with van der Waals surface area (Å²) in [5.74, 6) is 0.0475. The highest BCUT2D eigenvalue weighted by Crippen LogP contribution is 2.22. The molecule has 0 fully saturated rings. The lowest BCUT2D eigenvalue weighted by Gasteiger charge is -2.07. The molecule has 15 heavy (non-hydrogen) atoms. The number of carbonyl (C=O) groups is 1. The smallest absolute Gasteiger partial charge is 0.224 e. The summed E-state index contributed by atoms with van der Waals surface area (Å²) in [5, 5.41) is 5.13. The first-order chi connectivity index (χ1) is 7.31. The maximum atomic E-state index is 11.3. The Bertz CT molecular complexity index is 485. The molecular weight excluding hydrogens is 186 g/mol.